The summed E-state index contributed by atoms with van der Waals surface area (Å²) < 4.78 is 0. The van der Waals surface area contributed by atoms with Gasteiger partial charge in [0.05, 0.1) is 4.92 Å². The van der Waals surface area contributed by atoms with Gasteiger partial charge in [-0.2, -0.15) is 0 Å². The molecule has 1 aliphatic carbocycles. The van der Waals surface area contributed by atoms with Crippen molar-refractivity contribution in [3.8, 4) is 0 Å². The smallest absolute Gasteiger partial charge is 0.269 e. The van der Waals surface area contributed by atoms with Crippen LogP contribution in [0.5, 0.6) is 0 Å². The Morgan fingerprint density at radius 2 is 1.80 bits per heavy atom. The third-order valence-corrected chi connectivity index (χ3v) is 2.17. The van der Waals surface area contributed by atoms with Gasteiger partial charge in [-0.25, -0.2) is 0 Å². The molecule has 0 unspecified atom stereocenters. The van der Waals surface area contributed by atoms with Gasteiger partial charge < -0.3 is 0 Å². The predicted octanol–water partition coefficient (Wildman–Crippen LogP) is 2.12. The van der Waals surface area contributed by atoms with Crippen molar-refractivity contribution in [3.63, 3.8) is 0 Å². The van der Waals surface area contributed by atoms with Crippen LogP contribution >= 0.6 is 0 Å². The summed E-state index contributed by atoms with van der Waals surface area (Å²) in [5, 5.41) is 10.4. The van der Waals surface area contributed by atoms with Crippen LogP contribution in [0.4, 0.5) is 5.69 Å². The van der Waals surface area contributed by atoms with Crippen molar-refractivity contribution in [1.29, 1.82) is 0 Å². The van der Waals surface area contributed by atoms with Crippen molar-refractivity contribution in [2.45, 2.75) is 0 Å². The van der Waals surface area contributed by atoms with Gasteiger partial charge in [0.2, 0.25) is 0 Å². The molecule has 4 heteroatoms. The summed E-state index contributed by atoms with van der Waals surface area (Å²) in [4.78, 5) is 21.2. The van der Waals surface area contributed by atoms with E-state index in [0.717, 1.165) is 0 Å². The van der Waals surface area contributed by atoms with Crippen molar-refractivity contribution < 1.29 is 9.72 Å². The van der Waals surface area contributed by atoms with Gasteiger partial charge in [0, 0.05) is 17.7 Å². The second kappa shape index (κ2) is 3.49. The first-order valence-corrected chi connectivity index (χ1v) is 4.36. The Bertz CT molecular complexity index is 483. The Morgan fingerprint density at radius 1 is 1.13 bits per heavy atom. The molecular weight excluding hydrogens is 194 g/mol. The van der Waals surface area contributed by atoms with Crippen LogP contribution in [0.1, 0.15) is 5.56 Å². The third kappa shape index (κ3) is 1.69. The molecule has 0 fully saturated rings. The summed E-state index contributed by atoms with van der Waals surface area (Å²) in [5.74, 6) is -0.0659. The fourth-order valence-electron chi connectivity index (χ4n) is 1.40. The van der Waals surface area contributed by atoms with E-state index in [2.05, 4.69) is 0 Å². The minimum Gasteiger partial charge on any atom is -0.289 e. The van der Waals surface area contributed by atoms with Gasteiger partial charge in [-0.05, 0) is 23.8 Å². The second-order valence-electron chi connectivity index (χ2n) is 3.11. The van der Waals surface area contributed by atoms with E-state index in [0.29, 0.717) is 11.1 Å². The number of benzene rings is 1. The molecule has 2 rings (SSSR count). The average Bonchev–Trinajstić information content (AvgIpc) is 2.65. The Morgan fingerprint density at radius 3 is 2.27 bits per heavy atom. The Kier molecular flexibility index (Phi) is 2.17. The van der Waals surface area contributed by atoms with Crippen LogP contribution < -0.4 is 0 Å². The zero-order valence-corrected chi connectivity index (χ0v) is 7.71. The SMILES string of the molecule is O=C1C=CC=C1c1ccc([N+](=O)[O-])cc1. The lowest BCUT2D eigenvalue weighted by Gasteiger charge is -1.99. The first-order chi connectivity index (χ1) is 7.18. The van der Waals surface area contributed by atoms with Gasteiger partial charge in [0.1, 0.15) is 0 Å². The molecule has 1 aliphatic rings. The van der Waals surface area contributed by atoms with Gasteiger partial charge in [0.25, 0.3) is 5.69 Å². The molecule has 15 heavy (non-hydrogen) atoms. The molecule has 0 amide bonds. The van der Waals surface area contributed by atoms with E-state index in [4.69, 9.17) is 0 Å². The number of rotatable bonds is 2. The molecule has 74 valence electrons. The second-order valence-corrected chi connectivity index (χ2v) is 3.11. The van der Waals surface area contributed by atoms with Gasteiger partial charge in [-0.15, -0.1) is 0 Å². The number of non-ortho nitro benzene ring substituents is 1. The molecule has 0 N–H and O–H groups in total. The summed E-state index contributed by atoms with van der Waals surface area (Å²) >= 11 is 0. The minimum absolute atomic E-state index is 0.0257. The van der Waals surface area contributed by atoms with Crippen LogP contribution in [-0.2, 0) is 4.79 Å². The molecule has 0 radical (unpaired) electrons. The van der Waals surface area contributed by atoms with Crippen molar-refractivity contribution in [3.05, 3.63) is 58.2 Å². The van der Waals surface area contributed by atoms with Crippen molar-refractivity contribution in [2.24, 2.45) is 0 Å². The molecule has 0 saturated heterocycles. The number of hydrogen-bond acceptors (Lipinski definition) is 3. The van der Waals surface area contributed by atoms with Gasteiger partial charge >= 0.3 is 0 Å². The maximum atomic E-state index is 11.3. The fraction of sp³-hybridized carbons (Fsp3) is 0. The number of nitro benzene ring substituents is 1. The lowest BCUT2D eigenvalue weighted by molar-refractivity contribution is -0.384. The lowest BCUT2D eigenvalue weighted by atomic mass is 10.0. The highest BCUT2D eigenvalue weighted by Crippen LogP contribution is 2.22. The van der Waals surface area contributed by atoms with Gasteiger partial charge in [-0.1, -0.05) is 12.2 Å². The maximum Gasteiger partial charge on any atom is 0.269 e. The summed E-state index contributed by atoms with van der Waals surface area (Å²) in [6.07, 6.45) is 4.83. The molecular formula is C11H7NO3. The summed E-state index contributed by atoms with van der Waals surface area (Å²) in [7, 11) is 0. The number of carbonyl (C=O) groups is 1. The predicted molar refractivity (Wildman–Crippen MR) is 55.2 cm³/mol. The number of ketones is 1. The van der Waals surface area contributed by atoms with E-state index in [1.54, 1.807) is 24.3 Å². The van der Waals surface area contributed by atoms with Crippen LogP contribution in [0.25, 0.3) is 5.57 Å². The molecule has 0 saturated carbocycles. The van der Waals surface area contributed by atoms with E-state index >= 15 is 0 Å². The molecule has 1 aromatic carbocycles. The number of nitro groups is 1. The van der Waals surface area contributed by atoms with E-state index in [-0.39, 0.29) is 11.5 Å². The van der Waals surface area contributed by atoms with Gasteiger partial charge in [0.15, 0.2) is 5.78 Å². The van der Waals surface area contributed by atoms with E-state index < -0.39 is 4.92 Å². The van der Waals surface area contributed by atoms with Crippen molar-refractivity contribution >= 4 is 17.0 Å². The highest BCUT2D eigenvalue weighted by Gasteiger charge is 2.13. The Balaban J connectivity index is 2.32. The first kappa shape index (κ1) is 9.33. The normalized spacial score (nSPS) is 14.1. The number of allylic oxidation sites excluding steroid dienone is 4. The maximum absolute atomic E-state index is 11.3. The van der Waals surface area contributed by atoms with Gasteiger partial charge in [-0.3, -0.25) is 14.9 Å². The highest BCUT2D eigenvalue weighted by atomic mass is 16.6. The molecule has 0 heterocycles. The Labute approximate surface area is 85.7 Å². The highest BCUT2D eigenvalue weighted by molar-refractivity contribution is 6.28. The van der Waals surface area contributed by atoms with E-state index in [1.165, 1.54) is 18.2 Å². The zero-order chi connectivity index (χ0) is 10.8. The number of carbonyl (C=O) groups excluding carboxylic acids is 1. The topological polar surface area (TPSA) is 60.2 Å². The third-order valence-electron chi connectivity index (χ3n) is 2.17. The molecule has 0 bridgehead atoms. The molecule has 1 aromatic rings. The van der Waals surface area contributed by atoms with Crippen LogP contribution in [0.15, 0.2) is 42.5 Å². The van der Waals surface area contributed by atoms with Crippen LogP contribution in [0, 0.1) is 10.1 Å². The minimum atomic E-state index is -0.465. The van der Waals surface area contributed by atoms with E-state index in [1.807, 2.05) is 0 Å². The largest absolute Gasteiger partial charge is 0.289 e. The van der Waals surface area contributed by atoms with Crippen molar-refractivity contribution in [2.75, 3.05) is 0 Å². The fourth-order valence-corrected chi connectivity index (χ4v) is 1.40. The van der Waals surface area contributed by atoms with Crippen LogP contribution in [0.2, 0.25) is 0 Å². The Hall–Kier alpha value is -2.23. The van der Waals surface area contributed by atoms with Crippen LogP contribution in [0.3, 0.4) is 0 Å². The standard InChI is InChI=1S/C11H7NO3/c13-11-3-1-2-10(11)8-4-6-9(7-5-8)12(14)15/h1-7H. The summed E-state index contributed by atoms with van der Waals surface area (Å²) in [5.41, 5.74) is 1.30. The van der Waals surface area contributed by atoms with E-state index in [9.17, 15) is 14.9 Å². The molecule has 0 aliphatic heterocycles. The zero-order valence-electron chi connectivity index (χ0n) is 7.71. The molecule has 0 atom stereocenters. The van der Waals surface area contributed by atoms with Crippen LogP contribution in [-0.4, -0.2) is 10.7 Å². The number of nitrogens with zero attached hydrogens (tertiary/aromatic N) is 1. The number of hydrogen-bond donors (Lipinski definition) is 0. The molecule has 0 spiro atoms. The molecule has 4 nitrogen and oxygen atoms in total. The summed E-state index contributed by atoms with van der Waals surface area (Å²) in [6.45, 7) is 0. The van der Waals surface area contributed by atoms with Crippen molar-refractivity contribution in [1.82, 2.24) is 0 Å². The monoisotopic (exact) mass is 201 g/mol. The lowest BCUT2D eigenvalue weighted by Crippen LogP contribution is -1.94. The summed E-state index contributed by atoms with van der Waals surface area (Å²) in [6, 6.07) is 5.94. The average molecular weight is 201 g/mol. The quantitative estimate of drug-likeness (QED) is 0.543. The first-order valence-electron chi connectivity index (χ1n) is 4.36. The molecule has 0 aromatic heterocycles.